The molecule has 0 unspecified atom stereocenters. The third kappa shape index (κ3) is 6.26. The normalized spacial score (nSPS) is 12.8. The van der Waals surface area contributed by atoms with E-state index in [0.29, 0.717) is 29.8 Å². The highest BCUT2D eigenvalue weighted by molar-refractivity contribution is 6.06. The predicted octanol–water partition coefficient (Wildman–Crippen LogP) is 4.86. The molecule has 3 rings (SSSR count). The third-order valence-electron chi connectivity index (χ3n) is 6.81. The van der Waals surface area contributed by atoms with Gasteiger partial charge in [-0.1, -0.05) is 20.8 Å². The topological polar surface area (TPSA) is 112 Å². The predicted molar refractivity (Wildman–Crippen MR) is 148 cm³/mol. The van der Waals surface area contributed by atoms with Crippen LogP contribution in [0.3, 0.4) is 0 Å². The summed E-state index contributed by atoms with van der Waals surface area (Å²) in [6.07, 6.45) is 0.363. The molecule has 0 fully saturated rings. The molecule has 1 heterocycles. The van der Waals surface area contributed by atoms with Crippen LogP contribution in [-0.4, -0.2) is 68.6 Å². The number of hydrogen-bond donors (Lipinski definition) is 2. The quantitative estimate of drug-likeness (QED) is 0.288. The van der Waals surface area contributed by atoms with Crippen molar-refractivity contribution >= 4 is 23.3 Å². The van der Waals surface area contributed by atoms with Gasteiger partial charge < -0.3 is 29.1 Å². The van der Waals surface area contributed by atoms with E-state index in [-0.39, 0.29) is 60.2 Å². The van der Waals surface area contributed by atoms with Gasteiger partial charge in [0.1, 0.15) is 11.6 Å². The van der Waals surface area contributed by atoms with E-state index < -0.39 is 11.8 Å². The molecular formula is C29H38FN3O6. The van der Waals surface area contributed by atoms with E-state index in [0.717, 1.165) is 11.3 Å². The molecule has 2 aromatic rings. The number of carbonyl (C=O) groups excluding carboxylic acids is 1. The van der Waals surface area contributed by atoms with Gasteiger partial charge in [0.15, 0.2) is 23.1 Å². The molecule has 212 valence electrons. The van der Waals surface area contributed by atoms with Gasteiger partial charge >= 0.3 is 5.97 Å². The minimum atomic E-state index is -0.882. The lowest BCUT2D eigenvalue weighted by Crippen LogP contribution is -2.31. The monoisotopic (exact) mass is 543 g/mol. The summed E-state index contributed by atoms with van der Waals surface area (Å²) in [4.78, 5) is 28.1. The van der Waals surface area contributed by atoms with Crippen LogP contribution in [0.4, 0.5) is 10.1 Å². The highest BCUT2D eigenvalue weighted by Crippen LogP contribution is 2.41. The van der Waals surface area contributed by atoms with E-state index in [1.807, 2.05) is 39.6 Å². The Morgan fingerprint density at radius 3 is 2.41 bits per heavy atom. The van der Waals surface area contributed by atoms with Crippen LogP contribution in [-0.2, 0) is 16.8 Å². The van der Waals surface area contributed by atoms with Crippen LogP contribution >= 0.6 is 0 Å². The molecule has 2 N–H and O–H groups in total. The molecule has 10 heteroatoms. The Bertz CT molecular complexity index is 1270. The van der Waals surface area contributed by atoms with E-state index in [2.05, 4.69) is 0 Å². The molecule has 0 spiro atoms. The first kappa shape index (κ1) is 29.7. The summed E-state index contributed by atoms with van der Waals surface area (Å²) >= 11 is 0. The average molecular weight is 544 g/mol. The number of fused-ring (bicyclic) bond motifs is 1. The van der Waals surface area contributed by atoms with Crippen molar-refractivity contribution < 1.29 is 33.3 Å². The average Bonchev–Trinajstić information content (AvgIpc) is 3.19. The van der Waals surface area contributed by atoms with Crippen molar-refractivity contribution in [1.29, 1.82) is 5.41 Å². The number of nitrogens with one attached hydrogen (secondary N) is 1. The largest absolute Gasteiger partial charge is 0.493 e. The molecule has 1 aliphatic rings. The number of halogens is 1. The molecule has 0 saturated heterocycles. The van der Waals surface area contributed by atoms with Gasteiger partial charge in [0.2, 0.25) is 0 Å². The van der Waals surface area contributed by atoms with E-state index in [1.54, 1.807) is 18.2 Å². The van der Waals surface area contributed by atoms with Crippen molar-refractivity contribution in [3.05, 3.63) is 46.3 Å². The zero-order valence-electron chi connectivity index (χ0n) is 23.7. The van der Waals surface area contributed by atoms with Crippen LogP contribution in [0, 0.1) is 11.2 Å². The van der Waals surface area contributed by atoms with E-state index in [9.17, 15) is 9.59 Å². The zero-order chi connectivity index (χ0) is 29.1. The zero-order valence-corrected chi connectivity index (χ0v) is 23.7. The maximum absolute atomic E-state index is 15.2. The number of benzene rings is 2. The number of Topliss-reactive ketones (excluding diaryl/α,β-unsaturated/α-hetero) is 1. The SMILES string of the molecule is CCN(C)c1cc(C(=O)CN2Cc3cc(OC)c(OC)c(F)c3C2=N)cc(C(C)(C)C)c1OCCCC(=O)O. The number of carboxylic acid groups (broad SMARTS) is 1. The number of aliphatic carboxylic acids is 1. The van der Waals surface area contributed by atoms with Gasteiger partial charge in [-0.05, 0) is 42.5 Å². The van der Waals surface area contributed by atoms with Crippen LogP contribution < -0.4 is 19.1 Å². The maximum atomic E-state index is 15.2. The number of hydrogen-bond acceptors (Lipinski definition) is 7. The minimum absolute atomic E-state index is 0.00287. The van der Waals surface area contributed by atoms with Crippen LogP contribution in [0.1, 0.15) is 67.6 Å². The van der Waals surface area contributed by atoms with Crippen LogP contribution in [0.15, 0.2) is 18.2 Å². The van der Waals surface area contributed by atoms with Crippen LogP contribution in [0.2, 0.25) is 0 Å². The number of carboxylic acids is 1. The molecule has 39 heavy (non-hydrogen) atoms. The summed E-state index contributed by atoms with van der Waals surface area (Å²) in [6, 6.07) is 5.22. The molecule has 0 aromatic heterocycles. The van der Waals surface area contributed by atoms with Crippen molar-refractivity contribution in [2.45, 2.75) is 52.5 Å². The van der Waals surface area contributed by atoms with Gasteiger partial charge in [0, 0.05) is 37.7 Å². The summed E-state index contributed by atoms with van der Waals surface area (Å²) < 4.78 is 31.7. The first-order chi connectivity index (χ1) is 18.3. The third-order valence-corrected chi connectivity index (χ3v) is 6.81. The summed E-state index contributed by atoms with van der Waals surface area (Å²) in [5.41, 5.74) is 2.27. The lowest BCUT2D eigenvalue weighted by molar-refractivity contribution is -0.137. The smallest absolute Gasteiger partial charge is 0.303 e. The maximum Gasteiger partial charge on any atom is 0.303 e. The molecule has 0 atom stereocenters. The molecule has 1 aliphatic heterocycles. The van der Waals surface area contributed by atoms with Crippen LogP contribution in [0.5, 0.6) is 17.2 Å². The van der Waals surface area contributed by atoms with Gasteiger partial charge in [0.05, 0.1) is 38.6 Å². The van der Waals surface area contributed by atoms with Gasteiger partial charge in [-0.3, -0.25) is 15.0 Å². The van der Waals surface area contributed by atoms with Gasteiger partial charge in [0.25, 0.3) is 0 Å². The number of rotatable bonds is 12. The Balaban J connectivity index is 1.95. The Morgan fingerprint density at radius 2 is 1.85 bits per heavy atom. The number of ether oxygens (including phenoxy) is 3. The first-order valence-electron chi connectivity index (χ1n) is 12.9. The number of anilines is 1. The number of nitrogens with zero attached hydrogens (tertiary/aromatic N) is 2. The van der Waals surface area contributed by atoms with Gasteiger partial charge in [-0.15, -0.1) is 0 Å². The van der Waals surface area contributed by atoms with Crippen molar-refractivity contribution in [1.82, 2.24) is 4.90 Å². The Kier molecular flexibility index (Phi) is 9.09. The summed E-state index contributed by atoms with van der Waals surface area (Å²) in [7, 11) is 4.66. The van der Waals surface area contributed by atoms with Crippen molar-refractivity contribution in [3.8, 4) is 17.2 Å². The standard InChI is InChI=1S/C29H38FN3O6/c1-8-32(5)20-13-17(12-19(29(2,3)4)26(20)39-11-9-10-23(35)36)21(34)16-33-15-18-14-22(37-6)27(38-7)25(30)24(18)28(33)31/h12-14,31H,8-11,15-16H2,1-7H3,(H,35,36). The molecule has 0 radical (unpaired) electrons. The number of methoxy groups -OCH3 is 2. The van der Waals surface area contributed by atoms with Crippen molar-refractivity contribution in [3.63, 3.8) is 0 Å². The van der Waals surface area contributed by atoms with E-state index >= 15 is 4.39 Å². The first-order valence-corrected chi connectivity index (χ1v) is 12.9. The lowest BCUT2D eigenvalue weighted by atomic mass is 9.84. The lowest BCUT2D eigenvalue weighted by Gasteiger charge is -2.29. The van der Waals surface area contributed by atoms with Crippen molar-refractivity contribution in [2.24, 2.45) is 0 Å². The molecule has 0 amide bonds. The Morgan fingerprint density at radius 1 is 1.15 bits per heavy atom. The molecule has 2 aromatic carbocycles. The van der Waals surface area contributed by atoms with E-state index in [4.69, 9.17) is 24.7 Å². The summed E-state index contributed by atoms with van der Waals surface area (Å²) in [6.45, 7) is 9.01. The van der Waals surface area contributed by atoms with E-state index in [1.165, 1.54) is 19.1 Å². The van der Waals surface area contributed by atoms with Crippen LogP contribution in [0.25, 0.3) is 0 Å². The summed E-state index contributed by atoms with van der Waals surface area (Å²) in [5.74, 6) is -1.09. The number of ketones is 1. The number of carbonyl (C=O) groups is 2. The highest BCUT2D eigenvalue weighted by atomic mass is 19.1. The minimum Gasteiger partial charge on any atom is -0.493 e. The Hall–Kier alpha value is -3.82. The molecule has 0 aliphatic carbocycles. The summed E-state index contributed by atoms with van der Waals surface area (Å²) in [5, 5.41) is 17.6. The molecular weight excluding hydrogens is 505 g/mol. The second-order valence-electron chi connectivity index (χ2n) is 10.6. The molecule has 0 bridgehead atoms. The fourth-order valence-corrected chi connectivity index (χ4v) is 4.56. The number of amidine groups is 1. The Labute approximate surface area is 229 Å². The van der Waals surface area contributed by atoms with Gasteiger partial charge in [-0.25, -0.2) is 4.39 Å². The molecule has 0 saturated carbocycles. The van der Waals surface area contributed by atoms with Gasteiger partial charge in [-0.2, -0.15) is 0 Å². The fraction of sp³-hybridized carbons (Fsp3) is 0.483. The van der Waals surface area contributed by atoms with Crippen molar-refractivity contribution in [2.75, 3.05) is 45.9 Å². The highest BCUT2D eigenvalue weighted by Gasteiger charge is 2.33. The second-order valence-corrected chi connectivity index (χ2v) is 10.6. The second kappa shape index (κ2) is 11.9. The fourth-order valence-electron chi connectivity index (χ4n) is 4.56. The molecule has 9 nitrogen and oxygen atoms in total.